The molecule has 4 N–H and O–H groups in total. The first-order valence-electron chi connectivity index (χ1n) is 18.9. The van der Waals surface area contributed by atoms with E-state index in [1.807, 2.05) is 49.6 Å². The lowest BCUT2D eigenvalue weighted by Gasteiger charge is -2.13. The van der Waals surface area contributed by atoms with E-state index in [2.05, 4.69) is 50.3 Å². The zero-order valence-electron chi connectivity index (χ0n) is 32.6. The van der Waals surface area contributed by atoms with Gasteiger partial charge in [-0.05, 0) is 77.3 Å². The van der Waals surface area contributed by atoms with Gasteiger partial charge in [0.2, 0.25) is 17.7 Å². The second-order valence-electron chi connectivity index (χ2n) is 13.9. The van der Waals surface area contributed by atoms with Gasteiger partial charge in [-0.3, -0.25) is 34.1 Å². The van der Waals surface area contributed by atoms with Crippen LogP contribution in [0.3, 0.4) is 0 Å². The van der Waals surface area contributed by atoms with Crippen molar-refractivity contribution in [3.8, 4) is 5.00 Å². The van der Waals surface area contributed by atoms with Crippen LogP contribution >= 0.6 is 34.3 Å². The highest BCUT2D eigenvalue weighted by atomic mass is 35.5. The Labute approximate surface area is 344 Å². The zero-order chi connectivity index (χ0) is 40.6. The van der Waals surface area contributed by atoms with Crippen molar-refractivity contribution in [3.63, 3.8) is 0 Å². The van der Waals surface area contributed by atoms with Gasteiger partial charge in [0.15, 0.2) is 11.0 Å². The van der Waals surface area contributed by atoms with Crippen LogP contribution in [-0.4, -0.2) is 62.2 Å². The second-order valence-corrected chi connectivity index (χ2v) is 16.8. The quantitative estimate of drug-likeness (QED) is 0.0738. The molecule has 6 rings (SSSR count). The molecule has 3 aromatic heterocycles. The largest absolute Gasteiger partial charge is 0.354 e. The second kappa shape index (κ2) is 18.8. The minimum Gasteiger partial charge on any atom is -0.354 e. The zero-order valence-corrected chi connectivity index (χ0v) is 35.0. The molecule has 4 amide bonds. The number of benzene rings is 2. The number of unbranched alkanes of at least 4 members (excludes halogenated alkanes) is 3. The molecule has 4 heterocycles. The van der Waals surface area contributed by atoms with Crippen LogP contribution < -0.4 is 21.3 Å². The molecule has 0 saturated heterocycles. The number of aliphatic imine (C=N–C) groups is 1. The van der Waals surface area contributed by atoms with Crippen LogP contribution in [0, 0.1) is 34.6 Å². The van der Waals surface area contributed by atoms with Crippen molar-refractivity contribution < 1.29 is 19.2 Å². The highest BCUT2D eigenvalue weighted by Gasteiger charge is 2.32. The van der Waals surface area contributed by atoms with E-state index in [1.165, 1.54) is 16.2 Å². The summed E-state index contributed by atoms with van der Waals surface area (Å²) in [4.78, 5) is 63.0. The van der Waals surface area contributed by atoms with Crippen LogP contribution in [0.2, 0.25) is 5.02 Å². The number of fused-ring (bicyclic) bond motifs is 3. The summed E-state index contributed by atoms with van der Waals surface area (Å²) in [6.07, 6.45) is 3.61. The normalized spacial score (nSPS) is 13.2. The third-order valence-corrected chi connectivity index (χ3v) is 12.2. The Morgan fingerprint density at radius 1 is 0.772 bits per heavy atom. The number of carbonyl (C=O) groups is 4. The van der Waals surface area contributed by atoms with Gasteiger partial charge >= 0.3 is 0 Å². The molecular formula is C41H46ClN9O4S2. The molecule has 0 spiro atoms. The molecule has 16 heteroatoms. The average Bonchev–Trinajstić information content (AvgIpc) is 3.79. The fourth-order valence-electron chi connectivity index (χ4n) is 6.49. The van der Waals surface area contributed by atoms with Crippen molar-refractivity contribution in [3.05, 3.63) is 103 Å². The topological polar surface area (TPSA) is 172 Å². The Morgan fingerprint density at radius 3 is 2.16 bits per heavy atom. The third-order valence-electron chi connectivity index (χ3n) is 9.76. The SMILES string of the molecule is Cc1nc(NC(=O)c2ccccc2NC(=O)CCCCCCC(=O)NCCNC(=O)C[C@@H]2N=C(c3ccc(Cl)cc3)c3c(sc(C)c3C)-n3c(C)nnc32)sc1C. The van der Waals surface area contributed by atoms with Crippen molar-refractivity contribution >= 4 is 74.4 Å². The number of nitrogens with one attached hydrogen (secondary N) is 4. The van der Waals surface area contributed by atoms with Crippen LogP contribution in [-0.2, 0) is 14.4 Å². The number of thiazole rings is 1. The number of halogens is 1. The lowest BCUT2D eigenvalue weighted by atomic mass is 9.99. The van der Waals surface area contributed by atoms with Gasteiger partial charge in [0.1, 0.15) is 16.9 Å². The fourth-order valence-corrected chi connectivity index (χ4v) is 8.64. The number of nitrogens with zero attached hydrogens (tertiary/aromatic N) is 5. The molecule has 13 nitrogen and oxygen atoms in total. The number of hydrogen-bond donors (Lipinski definition) is 4. The van der Waals surface area contributed by atoms with E-state index in [-0.39, 0.29) is 36.6 Å². The van der Waals surface area contributed by atoms with Crippen LogP contribution in [0.25, 0.3) is 5.00 Å². The van der Waals surface area contributed by atoms with Crippen molar-refractivity contribution in [1.29, 1.82) is 0 Å². The van der Waals surface area contributed by atoms with Crippen LogP contribution in [0.4, 0.5) is 10.8 Å². The van der Waals surface area contributed by atoms with Gasteiger partial charge in [-0.25, -0.2) is 4.98 Å². The minimum atomic E-state index is -0.581. The van der Waals surface area contributed by atoms with E-state index in [9.17, 15) is 19.2 Å². The molecule has 1 aliphatic rings. The molecule has 0 bridgehead atoms. The number of carbonyl (C=O) groups excluding carboxylic acids is 4. The molecule has 0 aliphatic carbocycles. The highest BCUT2D eigenvalue weighted by molar-refractivity contribution is 7.16. The smallest absolute Gasteiger partial charge is 0.259 e. The van der Waals surface area contributed by atoms with Crippen LogP contribution in [0.1, 0.15) is 105 Å². The van der Waals surface area contributed by atoms with Gasteiger partial charge < -0.3 is 16.0 Å². The van der Waals surface area contributed by atoms with E-state index in [0.29, 0.717) is 59.5 Å². The van der Waals surface area contributed by atoms with Crippen molar-refractivity contribution in [2.24, 2.45) is 4.99 Å². The number of hydrogen-bond acceptors (Lipinski definition) is 10. The summed E-state index contributed by atoms with van der Waals surface area (Å²) in [6.45, 7) is 10.5. The molecule has 2 aromatic carbocycles. The minimum absolute atomic E-state index is 0.0583. The maximum absolute atomic E-state index is 13.2. The van der Waals surface area contributed by atoms with Crippen LogP contribution in [0.15, 0.2) is 53.5 Å². The fraction of sp³-hybridized carbons (Fsp3) is 0.366. The Hall–Kier alpha value is -5.25. The predicted molar refractivity (Wildman–Crippen MR) is 226 cm³/mol. The number of rotatable bonds is 16. The maximum atomic E-state index is 13.2. The van der Waals surface area contributed by atoms with Crippen molar-refractivity contribution in [2.45, 2.75) is 85.6 Å². The van der Waals surface area contributed by atoms with Gasteiger partial charge in [0.05, 0.1) is 29.1 Å². The number of aromatic nitrogens is 4. The van der Waals surface area contributed by atoms with E-state index >= 15 is 0 Å². The Bertz CT molecular complexity index is 2290. The number of aryl methyl sites for hydroxylation is 4. The lowest BCUT2D eigenvalue weighted by Crippen LogP contribution is -2.35. The van der Waals surface area contributed by atoms with Crippen molar-refractivity contribution in [2.75, 3.05) is 23.7 Å². The molecule has 1 atom stereocenters. The van der Waals surface area contributed by atoms with Crippen LogP contribution in [0.5, 0.6) is 0 Å². The standard InChI is InChI=1S/C41H46ClN9O4S2/c1-23-25(3)56-40-36(23)37(28-16-18-29(42)19-17-28)47-32(38-50-49-27(5)51(38)40)22-35(54)44-21-20-43-33(52)14-8-6-7-9-15-34(53)46-31-13-11-10-12-30(31)39(55)48-41-45-24(2)26(4)57-41/h10-13,16-19,32H,6-9,14-15,20-22H2,1-5H3,(H,43,52)(H,44,54)(H,46,53)(H,45,48,55)/t32-/m0/s1. The molecule has 0 fully saturated rings. The molecule has 0 radical (unpaired) electrons. The van der Waals surface area contributed by atoms with E-state index < -0.39 is 6.04 Å². The summed E-state index contributed by atoms with van der Waals surface area (Å²) >= 11 is 9.27. The number of anilines is 2. The molecule has 298 valence electrons. The first-order chi connectivity index (χ1) is 27.4. The maximum Gasteiger partial charge on any atom is 0.259 e. The van der Waals surface area contributed by atoms with E-state index in [4.69, 9.17) is 16.6 Å². The Morgan fingerprint density at radius 2 is 1.46 bits per heavy atom. The van der Waals surface area contributed by atoms with E-state index in [0.717, 1.165) is 56.6 Å². The molecule has 1 aliphatic heterocycles. The predicted octanol–water partition coefficient (Wildman–Crippen LogP) is 7.73. The van der Waals surface area contributed by atoms with Gasteiger partial charge in [-0.15, -0.1) is 32.9 Å². The number of para-hydroxylation sites is 1. The molecular weight excluding hydrogens is 782 g/mol. The van der Waals surface area contributed by atoms with E-state index in [1.54, 1.807) is 35.6 Å². The van der Waals surface area contributed by atoms with Crippen molar-refractivity contribution in [1.82, 2.24) is 30.4 Å². The summed E-state index contributed by atoms with van der Waals surface area (Å²) in [5.41, 5.74) is 5.47. The summed E-state index contributed by atoms with van der Waals surface area (Å²) in [7, 11) is 0. The summed E-state index contributed by atoms with van der Waals surface area (Å²) in [5.74, 6) is 0.500. The van der Waals surface area contributed by atoms with Gasteiger partial charge in [-0.2, -0.15) is 0 Å². The third kappa shape index (κ3) is 10.2. The number of amides is 4. The molecule has 0 saturated carbocycles. The summed E-state index contributed by atoms with van der Waals surface area (Å²) < 4.78 is 2.01. The lowest BCUT2D eigenvalue weighted by molar-refractivity contribution is -0.123. The Kier molecular flexibility index (Phi) is 13.6. The Balaban J connectivity index is 0.910. The van der Waals surface area contributed by atoms with Gasteiger partial charge in [0, 0.05) is 51.8 Å². The molecule has 57 heavy (non-hydrogen) atoms. The van der Waals surface area contributed by atoms with Gasteiger partial charge in [0.25, 0.3) is 5.91 Å². The highest BCUT2D eigenvalue weighted by Crippen LogP contribution is 2.39. The summed E-state index contributed by atoms with van der Waals surface area (Å²) in [5, 5.41) is 22.4. The molecule has 5 aromatic rings. The average molecular weight is 828 g/mol. The number of thiophene rings is 1. The molecule has 0 unspecified atom stereocenters. The first kappa shape index (κ1) is 41.4. The summed E-state index contributed by atoms with van der Waals surface area (Å²) in [6, 6.07) is 13.9. The first-order valence-corrected chi connectivity index (χ1v) is 20.9. The monoisotopic (exact) mass is 827 g/mol. The van der Waals surface area contributed by atoms with Gasteiger partial charge in [-0.1, -0.05) is 48.7 Å².